The van der Waals surface area contributed by atoms with Crippen LogP contribution >= 0.6 is 0 Å². The second-order valence-electron chi connectivity index (χ2n) is 10.6. The Balaban J connectivity index is 1.54. The summed E-state index contributed by atoms with van der Waals surface area (Å²) < 4.78 is 0. The largest absolute Gasteiger partial charge is 0.481 e. The van der Waals surface area contributed by atoms with Gasteiger partial charge in [0, 0.05) is 0 Å². The monoisotopic (exact) mass is 318 g/mol. The lowest BCUT2D eigenvalue weighted by atomic mass is 9.39. The maximum absolute atomic E-state index is 11.9. The van der Waals surface area contributed by atoms with E-state index in [1.165, 1.54) is 19.3 Å². The first-order valence-corrected chi connectivity index (χ1v) is 9.60. The van der Waals surface area contributed by atoms with Crippen molar-refractivity contribution in [1.29, 1.82) is 0 Å². The summed E-state index contributed by atoms with van der Waals surface area (Å²) in [4.78, 5) is 11.9. The van der Waals surface area contributed by atoms with Gasteiger partial charge in [-0.25, -0.2) is 0 Å². The quantitative estimate of drug-likeness (QED) is 0.775. The molecule has 3 nitrogen and oxygen atoms in total. The Morgan fingerprint density at radius 1 is 1.04 bits per heavy atom. The Labute approximate surface area is 138 Å². The third kappa shape index (κ3) is 1.38. The molecule has 6 rings (SSSR count). The molecule has 6 saturated carbocycles. The van der Waals surface area contributed by atoms with Crippen molar-refractivity contribution in [1.82, 2.24) is 0 Å². The van der Waals surface area contributed by atoms with Gasteiger partial charge in [-0.1, -0.05) is 20.8 Å². The fraction of sp³-hybridized carbons (Fsp3) is 0.950. The molecular weight excluding hydrogens is 288 g/mol. The molecule has 0 aromatic carbocycles. The van der Waals surface area contributed by atoms with E-state index in [4.69, 9.17) is 0 Å². The highest BCUT2D eigenvalue weighted by Gasteiger charge is 2.83. The lowest BCUT2D eigenvalue weighted by molar-refractivity contribution is -0.193. The Morgan fingerprint density at radius 3 is 2.43 bits per heavy atom. The van der Waals surface area contributed by atoms with Gasteiger partial charge >= 0.3 is 5.97 Å². The van der Waals surface area contributed by atoms with Crippen LogP contribution < -0.4 is 0 Å². The summed E-state index contributed by atoms with van der Waals surface area (Å²) in [5.74, 6) is 1.71. The Bertz CT molecular complexity index is 598. The summed E-state index contributed by atoms with van der Waals surface area (Å²) in [7, 11) is 0. The summed E-state index contributed by atoms with van der Waals surface area (Å²) in [6.07, 6.45) is 7.55. The minimum absolute atomic E-state index is 0.00262. The van der Waals surface area contributed by atoms with Crippen molar-refractivity contribution < 1.29 is 15.0 Å². The number of fused-ring (bicyclic) bond motifs is 1. The average Bonchev–Trinajstić information content (AvgIpc) is 2.99. The van der Waals surface area contributed by atoms with Crippen LogP contribution in [0.4, 0.5) is 0 Å². The summed E-state index contributed by atoms with van der Waals surface area (Å²) in [6.45, 7) is 7.02. The van der Waals surface area contributed by atoms with Crippen molar-refractivity contribution in [2.45, 2.75) is 71.8 Å². The molecule has 0 amide bonds. The molecule has 0 saturated heterocycles. The first-order chi connectivity index (χ1) is 10.7. The molecule has 0 unspecified atom stereocenters. The molecule has 23 heavy (non-hydrogen) atoms. The minimum atomic E-state index is -0.505. The van der Waals surface area contributed by atoms with Crippen LogP contribution in [0.25, 0.3) is 0 Å². The van der Waals surface area contributed by atoms with Crippen molar-refractivity contribution in [2.75, 3.05) is 0 Å². The van der Waals surface area contributed by atoms with E-state index in [0.29, 0.717) is 34.5 Å². The van der Waals surface area contributed by atoms with Crippen LogP contribution in [-0.2, 0) is 4.79 Å². The molecule has 0 heterocycles. The third-order valence-corrected chi connectivity index (χ3v) is 9.83. The third-order valence-electron chi connectivity index (χ3n) is 9.83. The number of rotatable bonds is 1. The van der Waals surface area contributed by atoms with Gasteiger partial charge in [-0.15, -0.1) is 0 Å². The fourth-order valence-corrected chi connectivity index (χ4v) is 8.78. The van der Waals surface area contributed by atoms with Gasteiger partial charge in [0.25, 0.3) is 0 Å². The van der Waals surface area contributed by atoms with Gasteiger partial charge in [0.1, 0.15) is 0 Å². The van der Waals surface area contributed by atoms with E-state index in [9.17, 15) is 15.0 Å². The lowest BCUT2D eigenvalue weighted by Crippen LogP contribution is -2.60. The van der Waals surface area contributed by atoms with Crippen LogP contribution in [-0.4, -0.2) is 22.3 Å². The average molecular weight is 318 g/mol. The number of carbonyl (C=O) groups is 1. The molecule has 4 bridgehead atoms. The number of aliphatic hydroxyl groups excluding tert-OH is 1. The smallest absolute Gasteiger partial charge is 0.310 e. The predicted octanol–water partition coefficient (Wildman–Crippen LogP) is 3.70. The van der Waals surface area contributed by atoms with E-state index in [1.54, 1.807) is 0 Å². The second kappa shape index (κ2) is 3.81. The molecule has 0 radical (unpaired) electrons. The molecule has 6 aliphatic carbocycles. The Hall–Kier alpha value is -0.570. The van der Waals surface area contributed by atoms with Crippen LogP contribution in [0.3, 0.4) is 0 Å². The normalized spacial score (nSPS) is 61.5. The van der Waals surface area contributed by atoms with E-state index in [0.717, 1.165) is 25.7 Å². The second-order valence-corrected chi connectivity index (χ2v) is 10.6. The SMILES string of the molecule is CC1(C)[C@H](O)CC[C@]2(C)[C@@H]1CC[C@]13C[C@@H]4[C@H](C[C@H]12)[C@]4(C(=O)O)C3. The topological polar surface area (TPSA) is 57.5 Å². The van der Waals surface area contributed by atoms with Crippen LogP contribution in [0.2, 0.25) is 0 Å². The van der Waals surface area contributed by atoms with Gasteiger partial charge in [-0.2, -0.15) is 0 Å². The van der Waals surface area contributed by atoms with Gasteiger partial charge < -0.3 is 10.2 Å². The van der Waals surface area contributed by atoms with Gasteiger partial charge in [0.2, 0.25) is 0 Å². The lowest BCUT2D eigenvalue weighted by Gasteiger charge is -2.66. The fourth-order valence-electron chi connectivity index (χ4n) is 8.78. The van der Waals surface area contributed by atoms with Crippen LogP contribution in [0.5, 0.6) is 0 Å². The van der Waals surface area contributed by atoms with E-state index >= 15 is 0 Å². The molecule has 8 atom stereocenters. The number of carboxylic acid groups (broad SMARTS) is 1. The summed E-state index contributed by atoms with van der Waals surface area (Å²) in [5, 5.41) is 20.4. The molecule has 0 aliphatic heterocycles. The van der Waals surface area contributed by atoms with Crippen molar-refractivity contribution in [3.05, 3.63) is 0 Å². The van der Waals surface area contributed by atoms with Gasteiger partial charge in [-0.3, -0.25) is 4.79 Å². The highest BCUT2D eigenvalue weighted by molar-refractivity contribution is 5.81. The predicted molar refractivity (Wildman–Crippen MR) is 86.7 cm³/mol. The van der Waals surface area contributed by atoms with E-state index in [2.05, 4.69) is 20.8 Å². The summed E-state index contributed by atoms with van der Waals surface area (Å²) >= 11 is 0. The molecule has 0 aromatic rings. The van der Waals surface area contributed by atoms with Crippen molar-refractivity contribution in [3.8, 4) is 0 Å². The van der Waals surface area contributed by atoms with E-state index in [1.807, 2.05) is 0 Å². The molecule has 2 N–H and O–H groups in total. The molecule has 1 spiro atoms. The van der Waals surface area contributed by atoms with Gasteiger partial charge in [0.15, 0.2) is 0 Å². The first-order valence-electron chi connectivity index (χ1n) is 9.60. The molecule has 3 heteroatoms. The number of carboxylic acids is 1. The van der Waals surface area contributed by atoms with Crippen LogP contribution in [0, 0.1) is 45.3 Å². The summed E-state index contributed by atoms with van der Waals surface area (Å²) in [6, 6.07) is 0. The highest BCUT2D eigenvalue weighted by atomic mass is 16.4. The molecule has 128 valence electrons. The Morgan fingerprint density at radius 2 is 1.78 bits per heavy atom. The van der Waals surface area contributed by atoms with Gasteiger partial charge in [0.05, 0.1) is 11.5 Å². The maximum Gasteiger partial charge on any atom is 0.310 e. The zero-order chi connectivity index (χ0) is 16.4. The van der Waals surface area contributed by atoms with E-state index < -0.39 is 5.97 Å². The van der Waals surface area contributed by atoms with Crippen molar-refractivity contribution >= 4 is 5.97 Å². The van der Waals surface area contributed by atoms with Crippen LogP contribution in [0.1, 0.15) is 65.7 Å². The molecular formula is C20H30O3. The number of hydrogen-bond donors (Lipinski definition) is 2. The number of aliphatic carboxylic acids is 1. The highest BCUT2D eigenvalue weighted by Crippen LogP contribution is 2.85. The minimum Gasteiger partial charge on any atom is -0.481 e. The molecule has 6 fully saturated rings. The summed E-state index contributed by atoms with van der Waals surface area (Å²) in [5.41, 5.74) is 0.284. The van der Waals surface area contributed by atoms with Gasteiger partial charge in [-0.05, 0) is 84.9 Å². The Kier molecular flexibility index (Phi) is 2.45. The first kappa shape index (κ1) is 14.7. The zero-order valence-corrected chi connectivity index (χ0v) is 14.6. The maximum atomic E-state index is 11.9. The standard InChI is InChI=1S/C20H30O3/c1-17(2)13-4-7-19-9-12-11(20(12,10-19)16(22)23)8-14(19)18(13,3)6-5-15(17)21/h11-15,21H,4-10H2,1-3H3,(H,22,23)/t11-,12+,13+,14-,15+,18+,19+,20+/m0/s1. The number of hydrogen-bond acceptors (Lipinski definition) is 2. The number of aliphatic hydroxyl groups is 1. The van der Waals surface area contributed by atoms with Crippen LogP contribution in [0.15, 0.2) is 0 Å². The van der Waals surface area contributed by atoms with Crippen molar-refractivity contribution in [2.24, 2.45) is 45.3 Å². The van der Waals surface area contributed by atoms with E-state index in [-0.39, 0.29) is 16.9 Å². The molecule has 0 aromatic heterocycles. The molecule has 6 aliphatic rings. The van der Waals surface area contributed by atoms with Crippen molar-refractivity contribution in [3.63, 3.8) is 0 Å². The zero-order valence-electron chi connectivity index (χ0n) is 14.6.